The molecule has 1 unspecified atom stereocenters. The first-order valence-electron chi connectivity index (χ1n) is 9.91. The van der Waals surface area contributed by atoms with Gasteiger partial charge in [-0.1, -0.05) is 22.7 Å². The van der Waals surface area contributed by atoms with Crippen molar-refractivity contribution in [2.75, 3.05) is 10.8 Å². The zero-order valence-electron chi connectivity index (χ0n) is 18.0. The van der Waals surface area contributed by atoms with E-state index in [0.29, 0.717) is 16.4 Å². The molecule has 4 rings (SSSR count). The Bertz CT molecular complexity index is 1300. The molecule has 33 heavy (non-hydrogen) atoms. The minimum absolute atomic E-state index is 0.244. The van der Waals surface area contributed by atoms with Crippen LogP contribution in [0.4, 0.5) is 24.5 Å². The third-order valence-electron chi connectivity index (χ3n) is 4.90. The predicted octanol–water partition coefficient (Wildman–Crippen LogP) is 8.33. The van der Waals surface area contributed by atoms with Crippen LogP contribution in [0.5, 0.6) is 10.9 Å². The summed E-state index contributed by atoms with van der Waals surface area (Å²) in [5.74, 6) is 0.752. The van der Waals surface area contributed by atoms with Gasteiger partial charge in [0.15, 0.2) is 0 Å². The number of anilines is 2. The highest BCUT2D eigenvalue weighted by Crippen LogP contribution is 2.42. The number of hydrogen-bond acceptors (Lipinski definition) is 6. The van der Waals surface area contributed by atoms with Crippen molar-refractivity contribution in [1.29, 1.82) is 0 Å². The van der Waals surface area contributed by atoms with Crippen LogP contribution in [0.15, 0.2) is 53.4 Å². The van der Waals surface area contributed by atoms with Crippen molar-refractivity contribution in [3.63, 3.8) is 0 Å². The Morgan fingerprint density at radius 2 is 1.73 bits per heavy atom. The van der Waals surface area contributed by atoms with Gasteiger partial charge in [0.1, 0.15) is 5.75 Å². The second-order valence-electron chi connectivity index (χ2n) is 7.56. The Hall–Kier alpha value is -2.48. The Labute approximate surface area is 199 Å². The van der Waals surface area contributed by atoms with E-state index in [-0.39, 0.29) is 7.93 Å². The normalized spacial score (nSPS) is 12.1. The Balaban J connectivity index is 1.43. The van der Waals surface area contributed by atoms with Gasteiger partial charge in [-0.2, -0.15) is 13.2 Å². The van der Waals surface area contributed by atoms with Crippen LogP contribution in [0.25, 0.3) is 10.2 Å². The largest absolute Gasteiger partial charge is 0.430 e. The van der Waals surface area contributed by atoms with Crippen LogP contribution in [0, 0.1) is 20.8 Å². The van der Waals surface area contributed by atoms with Crippen molar-refractivity contribution in [2.24, 2.45) is 0 Å². The highest BCUT2D eigenvalue weighted by Gasteiger charge is 2.30. The van der Waals surface area contributed by atoms with Crippen molar-refractivity contribution in [1.82, 2.24) is 4.98 Å². The van der Waals surface area contributed by atoms with Crippen molar-refractivity contribution < 1.29 is 17.9 Å². The van der Waals surface area contributed by atoms with E-state index in [4.69, 9.17) is 10.5 Å². The topological polar surface area (TPSA) is 60.2 Å². The van der Waals surface area contributed by atoms with Crippen LogP contribution < -0.4 is 15.6 Å². The Kier molecular flexibility index (Phi) is 6.75. The van der Waals surface area contributed by atoms with Crippen LogP contribution in [-0.4, -0.2) is 4.98 Å². The molecule has 4 aromatic rings. The number of benzene rings is 3. The zero-order chi connectivity index (χ0) is 23.8. The minimum atomic E-state index is -4.33. The SMILES string of the molecule is Cc1cc(C(F)(F)F)ccc1SPNc1cc(C)c(Oc2nc3cc(N)ccc3s2)c(C)c1. The molecule has 1 aromatic heterocycles. The van der Waals surface area contributed by atoms with E-state index < -0.39 is 11.7 Å². The number of alkyl halides is 3. The second-order valence-corrected chi connectivity index (χ2v) is 10.9. The second kappa shape index (κ2) is 9.41. The minimum Gasteiger partial charge on any atom is -0.430 e. The van der Waals surface area contributed by atoms with Gasteiger partial charge in [0.25, 0.3) is 5.19 Å². The number of nitrogens with one attached hydrogen (secondary N) is 1. The van der Waals surface area contributed by atoms with Gasteiger partial charge < -0.3 is 15.6 Å². The Morgan fingerprint density at radius 1 is 1.00 bits per heavy atom. The number of thiazole rings is 1. The van der Waals surface area contributed by atoms with Gasteiger partial charge in [-0.3, -0.25) is 0 Å². The molecule has 0 aliphatic heterocycles. The summed E-state index contributed by atoms with van der Waals surface area (Å²) in [6, 6.07) is 13.4. The predicted molar refractivity (Wildman–Crippen MR) is 134 cm³/mol. The summed E-state index contributed by atoms with van der Waals surface area (Å²) in [7, 11) is 0.244. The fourth-order valence-electron chi connectivity index (χ4n) is 3.32. The van der Waals surface area contributed by atoms with E-state index in [2.05, 4.69) is 10.1 Å². The van der Waals surface area contributed by atoms with E-state index in [1.807, 2.05) is 44.2 Å². The van der Waals surface area contributed by atoms with Crippen LogP contribution in [-0.2, 0) is 6.18 Å². The number of halogens is 3. The van der Waals surface area contributed by atoms with E-state index >= 15 is 0 Å². The van der Waals surface area contributed by atoms with Gasteiger partial charge in [0, 0.05) is 24.2 Å². The molecule has 0 amide bonds. The smallest absolute Gasteiger partial charge is 0.416 e. The van der Waals surface area contributed by atoms with E-state index in [1.54, 1.807) is 6.92 Å². The first-order chi connectivity index (χ1) is 15.6. The maximum absolute atomic E-state index is 12.9. The molecule has 0 spiro atoms. The number of ether oxygens (including phenoxy) is 1. The lowest BCUT2D eigenvalue weighted by Gasteiger charge is -2.14. The summed E-state index contributed by atoms with van der Waals surface area (Å²) in [5, 5.41) is 3.91. The molecule has 1 atom stereocenters. The van der Waals surface area contributed by atoms with Gasteiger partial charge in [0.2, 0.25) is 0 Å². The molecule has 1 heterocycles. The fourth-order valence-corrected chi connectivity index (χ4v) is 6.42. The molecule has 0 bridgehead atoms. The lowest BCUT2D eigenvalue weighted by atomic mass is 10.1. The lowest BCUT2D eigenvalue weighted by Crippen LogP contribution is -2.04. The summed E-state index contributed by atoms with van der Waals surface area (Å²) < 4.78 is 45.7. The third-order valence-corrected chi connectivity index (χ3v) is 8.26. The number of nitrogen functional groups attached to an aromatic ring is 1. The number of fused-ring (bicyclic) bond motifs is 1. The molecule has 172 valence electrons. The van der Waals surface area contributed by atoms with Crippen LogP contribution in [0.3, 0.4) is 0 Å². The molecule has 0 aliphatic carbocycles. The van der Waals surface area contributed by atoms with Gasteiger partial charge >= 0.3 is 6.18 Å². The molecule has 10 heteroatoms. The number of hydrogen-bond donors (Lipinski definition) is 2. The van der Waals surface area contributed by atoms with Crippen LogP contribution in [0.1, 0.15) is 22.3 Å². The average Bonchev–Trinajstić information content (AvgIpc) is 3.13. The lowest BCUT2D eigenvalue weighted by molar-refractivity contribution is -0.137. The molecule has 0 radical (unpaired) electrons. The maximum Gasteiger partial charge on any atom is 0.416 e. The summed E-state index contributed by atoms with van der Waals surface area (Å²) in [5.41, 5.74) is 10.1. The van der Waals surface area contributed by atoms with Crippen molar-refractivity contribution in [2.45, 2.75) is 31.8 Å². The molecule has 0 saturated carbocycles. The summed E-state index contributed by atoms with van der Waals surface area (Å²) >= 11 is 2.94. The number of aryl methyl sites for hydroxylation is 3. The molecule has 0 aliphatic rings. The first-order valence-corrected chi connectivity index (χ1v) is 13.3. The summed E-state index contributed by atoms with van der Waals surface area (Å²) in [6.45, 7) is 5.63. The first kappa shape index (κ1) is 23.7. The van der Waals surface area contributed by atoms with E-state index in [1.165, 1.54) is 34.9 Å². The number of aromatic nitrogens is 1. The number of nitrogens with two attached hydrogens (primary N) is 1. The van der Waals surface area contributed by atoms with Gasteiger partial charge in [-0.05, 0) is 86.0 Å². The third kappa shape index (κ3) is 5.54. The van der Waals surface area contributed by atoms with E-state index in [9.17, 15) is 13.2 Å². The van der Waals surface area contributed by atoms with Crippen molar-refractivity contribution in [3.8, 4) is 10.9 Å². The highest BCUT2D eigenvalue weighted by atomic mass is 32.7. The molecule has 3 aromatic carbocycles. The van der Waals surface area contributed by atoms with Crippen molar-refractivity contribution in [3.05, 3.63) is 70.8 Å². The van der Waals surface area contributed by atoms with Gasteiger partial charge in [-0.25, -0.2) is 4.98 Å². The summed E-state index contributed by atoms with van der Waals surface area (Å²) in [4.78, 5) is 5.33. The maximum atomic E-state index is 12.9. The zero-order valence-corrected chi connectivity index (χ0v) is 20.6. The van der Waals surface area contributed by atoms with Gasteiger partial charge in [0.05, 0.1) is 15.8 Å². The quantitative estimate of drug-likeness (QED) is 0.203. The van der Waals surface area contributed by atoms with Crippen molar-refractivity contribution >= 4 is 52.2 Å². The molecular weight excluding hydrogens is 486 g/mol. The molecule has 3 N–H and O–H groups in total. The molecule has 0 saturated heterocycles. The summed E-state index contributed by atoms with van der Waals surface area (Å²) in [6.07, 6.45) is -4.33. The monoisotopic (exact) mass is 507 g/mol. The van der Waals surface area contributed by atoms with Crippen LogP contribution in [0.2, 0.25) is 0 Å². The molecule has 4 nitrogen and oxygen atoms in total. The average molecular weight is 508 g/mol. The number of nitrogens with zero attached hydrogens (tertiary/aromatic N) is 1. The highest BCUT2D eigenvalue weighted by molar-refractivity contribution is 8.49. The molecule has 0 fully saturated rings. The Morgan fingerprint density at radius 3 is 2.39 bits per heavy atom. The number of rotatable bonds is 6. The standard InChI is InChI=1S/C23H21F3N3OPS2/c1-12-8-15(23(24,25)26)4-6-19(12)33-31-29-17-9-13(2)21(14(3)10-17)30-22-28-18-11-16(27)5-7-20(18)32-22/h4-11,29,31H,27H2,1-3H3. The van der Waals surface area contributed by atoms with E-state index in [0.717, 1.165) is 43.7 Å². The van der Waals surface area contributed by atoms with Gasteiger partial charge in [-0.15, -0.1) is 0 Å². The fraction of sp³-hybridized carbons (Fsp3) is 0.174. The van der Waals surface area contributed by atoms with Crippen LogP contribution >= 0.6 is 30.7 Å². The molecular formula is C23H21F3N3OPS2.